The first-order valence-electron chi connectivity index (χ1n) is 3.55. The van der Waals surface area contributed by atoms with Gasteiger partial charge in [-0.1, -0.05) is 0 Å². The number of carbonyl (C=O) groups excluding carboxylic acids is 1. The zero-order valence-corrected chi connectivity index (χ0v) is 6.14. The molecule has 3 heteroatoms. The molecule has 2 nitrogen and oxygen atoms in total. The van der Waals surface area contributed by atoms with Gasteiger partial charge >= 0.3 is 0 Å². The SMILES string of the molecule is CC(=O)N1CC(CCF)C1. The molecule has 0 unspecified atom stereocenters. The molecule has 10 heavy (non-hydrogen) atoms. The summed E-state index contributed by atoms with van der Waals surface area (Å²) in [7, 11) is 0. The molecule has 1 aliphatic rings. The summed E-state index contributed by atoms with van der Waals surface area (Å²) in [5.74, 6) is 0.531. The van der Waals surface area contributed by atoms with Gasteiger partial charge in [0, 0.05) is 20.0 Å². The van der Waals surface area contributed by atoms with Gasteiger partial charge in [-0.15, -0.1) is 0 Å². The fourth-order valence-corrected chi connectivity index (χ4v) is 1.16. The summed E-state index contributed by atoms with van der Waals surface area (Å²) in [6, 6.07) is 0. The minimum atomic E-state index is -0.254. The summed E-state index contributed by atoms with van der Waals surface area (Å²) in [6.07, 6.45) is 0.615. The average Bonchev–Trinajstić information content (AvgIpc) is 1.76. The zero-order chi connectivity index (χ0) is 7.56. The molecular weight excluding hydrogens is 133 g/mol. The molecule has 0 aromatic carbocycles. The molecule has 0 atom stereocenters. The van der Waals surface area contributed by atoms with Gasteiger partial charge in [-0.05, 0) is 12.3 Å². The van der Waals surface area contributed by atoms with E-state index in [1.54, 1.807) is 11.8 Å². The van der Waals surface area contributed by atoms with E-state index < -0.39 is 0 Å². The standard InChI is InChI=1S/C7H12FNO/c1-6(10)9-4-7(5-9)2-3-8/h7H,2-5H2,1H3. The van der Waals surface area contributed by atoms with E-state index in [1.807, 2.05) is 0 Å². The molecule has 0 aromatic rings. The number of alkyl halides is 1. The lowest BCUT2D eigenvalue weighted by molar-refractivity contribution is -0.135. The van der Waals surface area contributed by atoms with E-state index in [-0.39, 0.29) is 12.6 Å². The smallest absolute Gasteiger partial charge is 0.219 e. The summed E-state index contributed by atoms with van der Waals surface area (Å²) in [5.41, 5.74) is 0. The van der Waals surface area contributed by atoms with Gasteiger partial charge in [0.2, 0.25) is 5.91 Å². The number of likely N-dealkylation sites (tertiary alicyclic amines) is 1. The monoisotopic (exact) mass is 145 g/mol. The highest BCUT2D eigenvalue weighted by Gasteiger charge is 2.27. The Morgan fingerprint density at radius 2 is 2.30 bits per heavy atom. The largest absolute Gasteiger partial charge is 0.342 e. The van der Waals surface area contributed by atoms with Gasteiger partial charge in [-0.25, -0.2) is 0 Å². The third-order valence-electron chi connectivity index (χ3n) is 1.92. The Morgan fingerprint density at radius 3 is 2.70 bits per heavy atom. The van der Waals surface area contributed by atoms with E-state index in [9.17, 15) is 9.18 Å². The van der Waals surface area contributed by atoms with Crippen molar-refractivity contribution in [3.05, 3.63) is 0 Å². The van der Waals surface area contributed by atoms with Crippen molar-refractivity contribution in [2.24, 2.45) is 5.92 Å². The Balaban J connectivity index is 2.12. The van der Waals surface area contributed by atoms with Gasteiger partial charge < -0.3 is 4.90 Å². The summed E-state index contributed by atoms with van der Waals surface area (Å²) >= 11 is 0. The molecule has 0 aliphatic carbocycles. The van der Waals surface area contributed by atoms with Gasteiger partial charge in [0.15, 0.2) is 0 Å². The molecule has 1 saturated heterocycles. The Bertz CT molecular complexity index is 132. The fourth-order valence-electron chi connectivity index (χ4n) is 1.16. The van der Waals surface area contributed by atoms with Crippen molar-refractivity contribution in [2.45, 2.75) is 13.3 Å². The van der Waals surface area contributed by atoms with Crippen molar-refractivity contribution in [3.8, 4) is 0 Å². The molecular formula is C7H12FNO. The lowest BCUT2D eigenvalue weighted by Gasteiger charge is -2.38. The quantitative estimate of drug-likeness (QED) is 0.563. The molecule has 0 spiro atoms. The minimum Gasteiger partial charge on any atom is -0.342 e. The summed E-state index contributed by atoms with van der Waals surface area (Å²) < 4.78 is 11.7. The van der Waals surface area contributed by atoms with Crippen LogP contribution in [0.3, 0.4) is 0 Å². The summed E-state index contributed by atoms with van der Waals surface area (Å²) in [6.45, 7) is 2.82. The molecule has 0 radical (unpaired) electrons. The second-order valence-corrected chi connectivity index (χ2v) is 2.77. The second-order valence-electron chi connectivity index (χ2n) is 2.77. The zero-order valence-electron chi connectivity index (χ0n) is 6.14. The number of amides is 1. The van der Waals surface area contributed by atoms with Crippen LogP contribution >= 0.6 is 0 Å². The first-order chi connectivity index (χ1) is 4.74. The normalized spacial score (nSPS) is 18.8. The first kappa shape index (κ1) is 7.51. The van der Waals surface area contributed by atoms with Gasteiger partial charge in [0.05, 0.1) is 6.67 Å². The highest BCUT2D eigenvalue weighted by Crippen LogP contribution is 2.18. The maximum absolute atomic E-state index is 11.7. The van der Waals surface area contributed by atoms with Crippen LogP contribution in [0.4, 0.5) is 4.39 Å². The van der Waals surface area contributed by atoms with Gasteiger partial charge in [-0.3, -0.25) is 9.18 Å². The predicted octanol–water partition coefficient (Wildman–Crippen LogP) is 0.824. The van der Waals surface area contributed by atoms with Crippen molar-refractivity contribution in [2.75, 3.05) is 19.8 Å². The molecule has 1 heterocycles. The van der Waals surface area contributed by atoms with Crippen LogP contribution in [0.25, 0.3) is 0 Å². The number of hydrogen-bond acceptors (Lipinski definition) is 1. The van der Waals surface area contributed by atoms with Crippen LogP contribution in [0.5, 0.6) is 0 Å². The van der Waals surface area contributed by atoms with E-state index in [1.165, 1.54) is 0 Å². The molecule has 0 aromatic heterocycles. The van der Waals surface area contributed by atoms with Gasteiger partial charge in [0.25, 0.3) is 0 Å². The molecule has 1 aliphatic heterocycles. The van der Waals surface area contributed by atoms with Crippen molar-refractivity contribution in [1.82, 2.24) is 4.90 Å². The molecule has 1 rings (SSSR count). The van der Waals surface area contributed by atoms with E-state index in [0.29, 0.717) is 12.3 Å². The van der Waals surface area contributed by atoms with Crippen LogP contribution < -0.4 is 0 Å². The Morgan fingerprint density at radius 1 is 1.70 bits per heavy atom. The Hall–Kier alpha value is -0.600. The summed E-state index contributed by atoms with van der Waals surface area (Å²) in [5, 5.41) is 0. The van der Waals surface area contributed by atoms with Crippen LogP contribution in [-0.2, 0) is 4.79 Å². The highest BCUT2D eigenvalue weighted by atomic mass is 19.1. The highest BCUT2D eigenvalue weighted by molar-refractivity contribution is 5.74. The average molecular weight is 145 g/mol. The van der Waals surface area contributed by atoms with Crippen molar-refractivity contribution in [3.63, 3.8) is 0 Å². The molecule has 58 valence electrons. The van der Waals surface area contributed by atoms with Gasteiger partial charge in [0.1, 0.15) is 0 Å². The molecule has 0 saturated carbocycles. The van der Waals surface area contributed by atoms with E-state index in [2.05, 4.69) is 0 Å². The minimum absolute atomic E-state index is 0.107. The third-order valence-corrected chi connectivity index (χ3v) is 1.92. The molecule has 1 amide bonds. The predicted molar refractivity (Wildman–Crippen MR) is 36.3 cm³/mol. The molecule has 0 bridgehead atoms. The van der Waals surface area contributed by atoms with Crippen molar-refractivity contribution >= 4 is 5.91 Å². The number of hydrogen-bond donors (Lipinski definition) is 0. The van der Waals surface area contributed by atoms with Crippen LogP contribution in [-0.4, -0.2) is 30.6 Å². The van der Waals surface area contributed by atoms with Gasteiger partial charge in [-0.2, -0.15) is 0 Å². The Labute approximate surface area is 60.0 Å². The number of carbonyl (C=O) groups is 1. The lowest BCUT2D eigenvalue weighted by Crippen LogP contribution is -2.49. The third kappa shape index (κ3) is 1.46. The van der Waals surface area contributed by atoms with Crippen LogP contribution in [0.15, 0.2) is 0 Å². The summed E-state index contributed by atoms with van der Waals surface area (Å²) in [4.78, 5) is 12.3. The van der Waals surface area contributed by atoms with E-state index >= 15 is 0 Å². The molecule has 1 fully saturated rings. The lowest BCUT2D eigenvalue weighted by atomic mass is 9.97. The van der Waals surface area contributed by atoms with E-state index in [0.717, 1.165) is 13.1 Å². The topological polar surface area (TPSA) is 20.3 Å². The van der Waals surface area contributed by atoms with Crippen LogP contribution in [0.2, 0.25) is 0 Å². The number of rotatable bonds is 2. The maximum Gasteiger partial charge on any atom is 0.219 e. The van der Waals surface area contributed by atoms with Crippen molar-refractivity contribution < 1.29 is 9.18 Å². The number of halogens is 1. The first-order valence-corrected chi connectivity index (χ1v) is 3.55. The van der Waals surface area contributed by atoms with Crippen LogP contribution in [0, 0.1) is 5.92 Å². The van der Waals surface area contributed by atoms with E-state index in [4.69, 9.17) is 0 Å². The Kier molecular flexibility index (Phi) is 2.25. The number of nitrogens with zero attached hydrogens (tertiary/aromatic N) is 1. The van der Waals surface area contributed by atoms with Crippen LogP contribution in [0.1, 0.15) is 13.3 Å². The molecule has 0 N–H and O–H groups in total. The fraction of sp³-hybridized carbons (Fsp3) is 0.857. The second kappa shape index (κ2) is 2.99. The maximum atomic E-state index is 11.7. The van der Waals surface area contributed by atoms with Crippen molar-refractivity contribution in [1.29, 1.82) is 0 Å².